The third-order valence-electron chi connectivity index (χ3n) is 1.79. The van der Waals surface area contributed by atoms with Crippen LogP contribution < -0.4 is 4.13 Å². The molecule has 0 radical (unpaired) electrons. The zero-order valence-electron chi connectivity index (χ0n) is 8.79. The van der Waals surface area contributed by atoms with E-state index in [9.17, 15) is 30.0 Å². The van der Waals surface area contributed by atoms with Crippen LogP contribution in [-0.2, 0) is 20.0 Å². The maximum Gasteiger partial charge on any atom is 0.512 e. The SMILES string of the molecule is N#[N+]c1ccc(S(=O)(=O)NS(=O)(=O)C(F)(F)F)cc1. The summed E-state index contributed by atoms with van der Waals surface area (Å²) in [4.78, 5) is 1.97. The second-order valence-corrected chi connectivity index (χ2v) is 6.74. The van der Waals surface area contributed by atoms with Crippen LogP contribution in [0.2, 0.25) is 0 Å². The summed E-state index contributed by atoms with van der Waals surface area (Å²) in [6.07, 6.45) is 0. The fourth-order valence-electron chi connectivity index (χ4n) is 0.932. The van der Waals surface area contributed by atoms with Gasteiger partial charge in [-0.25, -0.2) is 16.8 Å². The summed E-state index contributed by atoms with van der Waals surface area (Å²) in [5.41, 5.74) is -5.81. The van der Waals surface area contributed by atoms with Crippen LogP contribution in [0.15, 0.2) is 29.2 Å². The maximum absolute atomic E-state index is 12.0. The lowest BCUT2D eigenvalue weighted by molar-refractivity contribution is -0.0441. The van der Waals surface area contributed by atoms with E-state index in [2.05, 4.69) is 4.98 Å². The van der Waals surface area contributed by atoms with Crippen LogP contribution in [0.4, 0.5) is 18.9 Å². The first-order chi connectivity index (χ1) is 8.49. The zero-order chi connectivity index (χ0) is 14.9. The Morgan fingerprint density at radius 2 is 1.53 bits per heavy atom. The number of sulfonamides is 2. The number of nitrogens with one attached hydrogen (secondary N) is 1. The number of hydrogen-bond acceptors (Lipinski definition) is 5. The molecule has 0 aliphatic rings. The molecule has 1 aromatic rings. The Bertz CT molecular complexity index is 716. The number of halogens is 3. The van der Waals surface area contributed by atoms with E-state index in [1.165, 1.54) is 0 Å². The van der Waals surface area contributed by atoms with Crippen molar-refractivity contribution in [2.75, 3.05) is 0 Å². The fourth-order valence-corrected chi connectivity index (χ4v) is 3.34. The van der Waals surface area contributed by atoms with Gasteiger partial charge in [-0.1, -0.05) is 4.13 Å². The van der Waals surface area contributed by atoms with Gasteiger partial charge in [0.2, 0.25) is 5.39 Å². The molecular formula is C7H5F3N3O4S2+. The van der Waals surface area contributed by atoms with Crippen molar-refractivity contribution in [1.82, 2.24) is 4.13 Å². The van der Waals surface area contributed by atoms with Crippen LogP contribution in [0.1, 0.15) is 0 Å². The minimum Gasteiger partial charge on any atom is -0.206 e. The molecule has 0 heterocycles. The Kier molecular flexibility index (Phi) is 3.84. The monoisotopic (exact) mass is 316 g/mol. The molecule has 104 valence electrons. The first-order valence-corrected chi connectivity index (χ1v) is 7.26. The number of hydrogen-bond donors (Lipinski definition) is 1. The Morgan fingerprint density at radius 3 is 1.89 bits per heavy atom. The van der Waals surface area contributed by atoms with Gasteiger partial charge in [0.25, 0.3) is 10.0 Å². The van der Waals surface area contributed by atoms with Crippen molar-refractivity contribution < 1.29 is 30.0 Å². The summed E-state index contributed by atoms with van der Waals surface area (Å²) in [5, 5.41) is 8.34. The molecule has 0 spiro atoms. The van der Waals surface area contributed by atoms with Crippen LogP contribution in [0.25, 0.3) is 4.98 Å². The van der Waals surface area contributed by atoms with Gasteiger partial charge < -0.3 is 0 Å². The van der Waals surface area contributed by atoms with E-state index in [4.69, 9.17) is 5.39 Å². The summed E-state index contributed by atoms with van der Waals surface area (Å²) < 4.78 is 80.9. The van der Waals surface area contributed by atoms with Gasteiger partial charge in [0.15, 0.2) is 4.98 Å². The van der Waals surface area contributed by atoms with Crippen LogP contribution in [-0.4, -0.2) is 22.3 Å². The summed E-state index contributed by atoms with van der Waals surface area (Å²) >= 11 is 0. The first-order valence-electron chi connectivity index (χ1n) is 4.30. The predicted octanol–water partition coefficient (Wildman–Crippen LogP) is 1.30. The van der Waals surface area contributed by atoms with Gasteiger partial charge in [0.1, 0.15) is 0 Å². The number of rotatable bonds is 3. The second-order valence-electron chi connectivity index (χ2n) is 3.13. The van der Waals surface area contributed by atoms with Crippen LogP contribution in [0.5, 0.6) is 0 Å². The molecule has 1 N–H and O–H groups in total. The molecule has 0 amide bonds. The number of diazo groups is 1. The summed E-state index contributed by atoms with van der Waals surface area (Å²) in [5.74, 6) is 0. The average Bonchev–Trinajstić information content (AvgIpc) is 2.26. The lowest BCUT2D eigenvalue weighted by atomic mass is 10.3. The highest BCUT2D eigenvalue weighted by atomic mass is 32.3. The Morgan fingerprint density at radius 1 is 1.05 bits per heavy atom. The Labute approximate surface area is 105 Å². The van der Waals surface area contributed by atoms with E-state index in [1.54, 1.807) is 0 Å². The topological polar surface area (TPSA) is 108 Å². The molecule has 0 bridgehead atoms. The molecule has 0 saturated carbocycles. The molecule has 0 aliphatic heterocycles. The third kappa shape index (κ3) is 3.40. The molecule has 0 aliphatic carbocycles. The van der Waals surface area contributed by atoms with Crippen molar-refractivity contribution in [2.45, 2.75) is 10.4 Å². The van der Waals surface area contributed by atoms with Crippen molar-refractivity contribution >= 4 is 25.7 Å². The lowest BCUT2D eigenvalue weighted by Gasteiger charge is -2.09. The Balaban J connectivity index is 3.17. The van der Waals surface area contributed by atoms with Gasteiger partial charge in [-0.15, -0.1) is 0 Å². The number of benzene rings is 1. The number of nitrogens with zero attached hydrogens (tertiary/aromatic N) is 2. The Hall–Kier alpha value is -1.71. The molecule has 0 saturated heterocycles. The van der Waals surface area contributed by atoms with E-state index >= 15 is 0 Å². The molecular weight excluding hydrogens is 311 g/mol. The van der Waals surface area contributed by atoms with Gasteiger partial charge >= 0.3 is 21.2 Å². The van der Waals surface area contributed by atoms with Gasteiger partial charge in [0.05, 0.1) is 4.90 Å². The van der Waals surface area contributed by atoms with Crippen LogP contribution >= 0.6 is 0 Å². The average molecular weight is 316 g/mol. The van der Waals surface area contributed by atoms with Crippen molar-refractivity contribution in [3.05, 3.63) is 29.2 Å². The molecule has 0 aromatic heterocycles. The quantitative estimate of drug-likeness (QED) is 0.845. The van der Waals surface area contributed by atoms with Gasteiger partial charge in [-0.3, -0.25) is 0 Å². The highest BCUT2D eigenvalue weighted by Gasteiger charge is 2.48. The molecule has 19 heavy (non-hydrogen) atoms. The lowest BCUT2D eigenvalue weighted by Crippen LogP contribution is -2.40. The highest BCUT2D eigenvalue weighted by molar-refractivity contribution is 8.05. The van der Waals surface area contributed by atoms with Crippen molar-refractivity contribution in [3.8, 4) is 0 Å². The van der Waals surface area contributed by atoms with E-state index in [0.717, 1.165) is 24.3 Å². The second kappa shape index (κ2) is 4.76. The van der Waals surface area contributed by atoms with Gasteiger partial charge in [-0.2, -0.15) is 13.2 Å². The molecule has 0 fully saturated rings. The largest absolute Gasteiger partial charge is 0.512 e. The minimum absolute atomic E-state index is 0.0578. The van der Waals surface area contributed by atoms with Crippen LogP contribution in [0, 0.1) is 5.39 Å². The fraction of sp³-hybridized carbons (Fsp3) is 0.143. The normalized spacial score (nSPS) is 12.9. The molecule has 1 aromatic carbocycles. The number of alkyl halides is 3. The van der Waals surface area contributed by atoms with Crippen molar-refractivity contribution in [3.63, 3.8) is 0 Å². The molecule has 0 atom stereocenters. The van der Waals surface area contributed by atoms with Crippen LogP contribution in [0.3, 0.4) is 0 Å². The molecule has 7 nitrogen and oxygen atoms in total. The van der Waals surface area contributed by atoms with Crippen molar-refractivity contribution in [1.29, 1.82) is 5.39 Å². The van der Waals surface area contributed by atoms with Crippen molar-refractivity contribution in [2.24, 2.45) is 0 Å². The van der Waals surface area contributed by atoms with Gasteiger partial charge in [0, 0.05) is 12.1 Å². The molecule has 12 heteroatoms. The zero-order valence-corrected chi connectivity index (χ0v) is 10.4. The van der Waals surface area contributed by atoms with E-state index in [1.807, 2.05) is 0 Å². The summed E-state index contributed by atoms with van der Waals surface area (Å²) in [7, 11) is -10.9. The third-order valence-corrected chi connectivity index (χ3v) is 5.04. The minimum atomic E-state index is -6.03. The summed E-state index contributed by atoms with van der Waals surface area (Å²) in [6, 6.07) is 3.50. The highest BCUT2D eigenvalue weighted by Crippen LogP contribution is 2.24. The van der Waals surface area contributed by atoms with E-state index < -0.39 is 30.5 Å². The standard InChI is InChI=1S/C7H5F3N3O4S2/c8-7(9,10)19(16,17)13-18(14,15)6-3-1-5(12-11)2-4-6/h1-4,13H/q+1. The smallest absolute Gasteiger partial charge is 0.206 e. The maximum atomic E-state index is 12.0. The summed E-state index contributed by atoms with van der Waals surface area (Å²) in [6.45, 7) is 0. The molecule has 1 rings (SSSR count). The first kappa shape index (κ1) is 15.3. The molecule has 0 unspecified atom stereocenters. The van der Waals surface area contributed by atoms with E-state index in [-0.39, 0.29) is 5.69 Å². The van der Waals surface area contributed by atoms with E-state index in [0.29, 0.717) is 4.13 Å². The van der Waals surface area contributed by atoms with Gasteiger partial charge in [-0.05, 0) is 12.1 Å². The predicted molar refractivity (Wildman–Crippen MR) is 56.5 cm³/mol.